The molecule has 0 fully saturated rings. The maximum Gasteiger partial charge on any atom is 0.263 e. The normalized spacial score (nSPS) is 10.7. The van der Waals surface area contributed by atoms with E-state index in [2.05, 4.69) is 5.32 Å². The van der Waals surface area contributed by atoms with E-state index in [1.807, 2.05) is 6.07 Å². The smallest absolute Gasteiger partial charge is 0.263 e. The summed E-state index contributed by atoms with van der Waals surface area (Å²) in [7, 11) is 0. The Balaban J connectivity index is 2.01. The number of nitrogens with one attached hydrogen (secondary N) is 1. The van der Waals surface area contributed by atoms with Gasteiger partial charge < -0.3 is 9.73 Å². The van der Waals surface area contributed by atoms with E-state index in [9.17, 15) is 8.78 Å². The maximum atomic E-state index is 12.4. The molecule has 1 heterocycles. The fraction of sp³-hybridized carbons (Fsp3) is 0.167. The third kappa shape index (κ3) is 2.59. The summed E-state index contributed by atoms with van der Waals surface area (Å²) in [5, 5.41) is 3.05. The molecule has 0 aliphatic rings. The molecule has 0 saturated carbocycles. The van der Waals surface area contributed by atoms with Crippen molar-refractivity contribution in [3.63, 3.8) is 0 Å². The zero-order chi connectivity index (χ0) is 11.4. The van der Waals surface area contributed by atoms with Crippen LogP contribution >= 0.6 is 0 Å². The average molecular weight is 223 g/mol. The second-order valence-corrected chi connectivity index (χ2v) is 3.41. The highest BCUT2D eigenvalue weighted by atomic mass is 19.3. The highest BCUT2D eigenvalue weighted by molar-refractivity contribution is 5.46. The molecule has 0 radical (unpaired) electrons. The summed E-state index contributed by atoms with van der Waals surface area (Å²) in [5.74, 6) is 0. The lowest BCUT2D eigenvalue weighted by molar-refractivity contribution is 0.151. The Morgan fingerprint density at radius 2 is 2.12 bits per heavy atom. The van der Waals surface area contributed by atoms with E-state index >= 15 is 0 Å². The van der Waals surface area contributed by atoms with Gasteiger partial charge in [0.1, 0.15) is 0 Å². The van der Waals surface area contributed by atoms with E-state index < -0.39 is 6.43 Å². The molecule has 2 rings (SSSR count). The van der Waals surface area contributed by atoms with Crippen molar-refractivity contribution >= 4 is 5.69 Å². The van der Waals surface area contributed by atoms with Crippen LogP contribution in [0.3, 0.4) is 0 Å². The van der Waals surface area contributed by atoms with E-state index in [0.29, 0.717) is 12.2 Å². The van der Waals surface area contributed by atoms with Crippen molar-refractivity contribution in [3.8, 4) is 0 Å². The molecule has 84 valence electrons. The van der Waals surface area contributed by atoms with Crippen molar-refractivity contribution < 1.29 is 13.2 Å². The van der Waals surface area contributed by atoms with Crippen molar-refractivity contribution in [1.29, 1.82) is 0 Å². The summed E-state index contributed by atoms with van der Waals surface area (Å²) in [6, 6.07) is 8.05. The van der Waals surface area contributed by atoms with Crippen LogP contribution in [0.2, 0.25) is 0 Å². The molecule has 0 aliphatic carbocycles. The van der Waals surface area contributed by atoms with Crippen LogP contribution in [0.5, 0.6) is 0 Å². The number of rotatable bonds is 4. The van der Waals surface area contributed by atoms with Gasteiger partial charge in [0.2, 0.25) is 0 Å². The molecule has 1 aromatic carbocycles. The predicted octanol–water partition coefficient (Wildman–Crippen LogP) is 3.83. The molecule has 0 spiro atoms. The average Bonchev–Trinajstić information content (AvgIpc) is 2.79. The predicted molar refractivity (Wildman–Crippen MR) is 57.4 cm³/mol. The molecule has 2 aromatic rings. The second-order valence-electron chi connectivity index (χ2n) is 3.41. The highest BCUT2D eigenvalue weighted by Crippen LogP contribution is 2.21. The monoisotopic (exact) mass is 223 g/mol. The third-order valence-electron chi connectivity index (χ3n) is 2.22. The molecule has 2 nitrogen and oxygen atoms in total. The summed E-state index contributed by atoms with van der Waals surface area (Å²) in [6.07, 6.45) is 0.756. The lowest BCUT2D eigenvalue weighted by Crippen LogP contribution is -1.98. The zero-order valence-corrected chi connectivity index (χ0v) is 8.49. The molecule has 0 saturated heterocycles. The summed E-state index contributed by atoms with van der Waals surface area (Å²) < 4.78 is 29.7. The first-order valence-electron chi connectivity index (χ1n) is 4.89. The van der Waals surface area contributed by atoms with E-state index in [4.69, 9.17) is 4.42 Å². The number of halogens is 2. The van der Waals surface area contributed by atoms with Crippen LogP contribution in [0.25, 0.3) is 0 Å². The minimum absolute atomic E-state index is 0.0252. The van der Waals surface area contributed by atoms with Crippen LogP contribution in [-0.4, -0.2) is 0 Å². The molecule has 0 unspecified atom stereocenters. The molecule has 4 heteroatoms. The Bertz CT molecular complexity index is 440. The first-order chi connectivity index (χ1) is 7.75. The van der Waals surface area contributed by atoms with Crippen LogP contribution in [0.15, 0.2) is 47.3 Å². The Kier molecular flexibility index (Phi) is 3.19. The first-order valence-corrected chi connectivity index (χ1v) is 4.89. The van der Waals surface area contributed by atoms with Crippen molar-refractivity contribution in [2.45, 2.75) is 13.0 Å². The third-order valence-corrected chi connectivity index (χ3v) is 2.22. The molecule has 0 atom stereocenters. The first kappa shape index (κ1) is 10.7. The number of hydrogen-bond donors (Lipinski definition) is 1. The van der Waals surface area contributed by atoms with Gasteiger partial charge in [-0.15, -0.1) is 0 Å². The van der Waals surface area contributed by atoms with E-state index in [1.54, 1.807) is 24.7 Å². The van der Waals surface area contributed by atoms with E-state index in [0.717, 1.165) is 5.56 Å². The zero-order valence-electron chi connectivity index (χ0n) is 8.49. The van der Waals surface area contributed by atoms with Gasteiger partial charge in [-0.1, -0.05) is 12.1 Å². The minimum atomic E-state index is -2.43. The van der Waals surface area contributed by atoms with Gasteiger partial charge in [0, 0.05) is 23.4 Å². The lowest BCUT2D eigenvalue weighted by atomic mass is 10.2. The largest absolute Gasteiger partial charge is 0.472 e. The summed E-state index contributed by atoms with van der Waals surface area (Å²) in [6.45, 7) is 0.559. The van der Waals surface area contributed by atoms with E-state index in [-0.39, 0.29) is 5.56 Å². The molecule has 1 aromatic heterocycles. The van der Waals surface area contributed by atoms with Crippen molar-refractivity contribution in [3.05, 3.63) is 54.0 Å². The van der Waals surface area contributed by atoms with Gasteiger partial charge in [-0.05, 0) is 18.2 Å². The Morgan fingerprint density at radius 3 is 2.81 bits per heavy atom. The quantitative estimate of drug-likeness (QED) is 0.852. The van der Waals surface area contributed by atoms with Crippen LogP contribution in [0.1, 0.15) is 17.6 Å². The van der Waals surface area contributed by atoms with Gasteiger partial charge in [-0.3, -0.25) is 0 Å². The fourth-order valence-electron chi connectivity index (χ4n) is 1.38. The van der Waals surface area contributed by atoms with Gasteiger partial charge >= 0.3 is 0 Å². The summed E-state index contributed by atoms with van der Waals surface area (Å²) >= 11 is 0. The number of benzene rings is 1. The number of anilines is 1. The Labute approximate surface area is 91.9 Å². The van der Waals surface area contributed by atoms with Crippen LogP contribution in [-0.2, 0) is 6.54 Å². The maximum absolute atomic E-state index is 12.4. The van der Waals surface area contributed by atoms with Gasteiger partial charge in [0.05, 0.1) is 12.5 Å². The number of alkyl halides is 2. The Hall–Kier alpha value is -1.84. The van der Waals surface area contributed by atoms with Crippen molar-refractivity contribution in [2.24, 2.45) is 0 Å². The highest BCUT2D eigenvalue weighted by Gasteiger charge is 2.06. The summed E-state index contributed by atoms with van der Waals surface area (Å²) in [4.78, 5) is 0. The van der Waals surface area contributed by atoms with Crippen molar-refractivity contribution in [2.75, 3.05) is 5.32 Å². The van der Waals surface area contributed by atoms with Crippen LogP contribution in [0, 0.1) is 0 Å². The Morgan fingerprint density at radius 1 is 1.25 bits per heavy atom. The van der Waals surface area contributed by atoms with Gasteiger partial charge in [-0.2, -0.15) is 0 Å². The van der Waals surface area contributed by atoms with Gasteiger partial charge in [-0.25, -0.2) is 8.78 Å². The lowest BCUT2D eigenvalue weighted by Gasteiger charge is -2.06. The van der Waals surface area contributed by atoms with Crippen molar-refractivity contribution in [1.82, 2.24) is 0 Å². The molecule has 1 N–H and O–H groups in total. The summed E-state index contributed by atoms with van der Waals surface area (Å²) in [5.41, 5.74) is 1.68. The SMILES string of the molecule is FC(F)c1cccc(NCc2ccoc2)c1. The van der Waals surface area contributed by atoms with Crippen LogP contribution in [0.4, 0.5) is 14.5 Å². The molecular formula is C12H11F2NO. The van der Waals surface area contributed by atoms with E-state index in [1.165, 1.54) is 12.1 Å². The fourth-order valence-corrected chi connectivity index (χ4v) is 1.38. The molecule has 0 amide bonds. The molecule has 0 bridgehead atoms. The number of furan rings is 1. The molecule has 0 aliphatic heterocycles. The standard InChI is InChI=1S/C12H11F2NO/c13-12(14)10-2-1-3-11(6-10)15-7-9-4-5-16-8-9/h1-6,8,12,15H,7H2. The van der Waals surface area contributed by atoms with Crippen LogP contribution < -0.4 is 5.32 Å². The molecular weight excluding hydrogens is 212 g/mol. The molecule has 16 heavy (non-hydrogen) atoms. The minimum Gasteiger partial charge on any atom is -0.472 e. The van der Waals surface area contributed by atoms with Gasteiger partial charge in [0.15, 0.2) is 0 Å². The topological polar surface area (TPSA) is 25.2 Å². The second kappa shape index (κ2) is 4.79. The van der Waals surface area contributed by atoms with Gasteiger partial charge in [0.25, 0.3) is 6.43 Å². The number of hydrogen-bond acceptors (Lipinski definition) is 2.